The molecule has 0 spiro atoms. The Morgan fingerprint density at radius 1 is 0.288 bits per heavy atom. The summed E-state index contributed by atoms with van der Waals surface area (Å²) in [6, 6.07) is 12.0. The van der Waals surface area contributed by atoms with Crippen LogP contribution in [-0.2, 0) is 85.7 Å². The lowest BCUT2D eigenvalue weighted by atomic mass is 9.42. The monoisotopic (exact) mass is 1420 g/mol. The minimum Gasteiger partial charge on any atom is -0.507 e. The number of carboxylic acid groups (broad SMARTS) is 4. The number of fused-ring (bicyclic) bond motifs is 8. The Bertz CT molecular complexity index is 3720. The molecule has 0 aliphatic heterocycles. The van der Waals surface area contributed by atoms with E-state index in [1.165, 1.54) is 27.7 Å². The molecule has 21 rings (SSSR count). The summed E-state index contributed by atoms with van der Waals surface area (Å²) in [7, 11) is 0. The fourth-order valence-corrected chi connectivity index (χ4v) is 27.3. The fraction of sp³-hybridized carbons (Fsp3) is 0.619. The van der Waals surface area contributed by atoms with Crippen LogP contribution in [0.3, 0.4) is 0 Å². The van der Waals surface area contributed by atoms with Crippen molar-refractivity contribution in [1.29, 1.82) is 0 Å². The highest BCUT2D eigenvalue weighted by Crippen LogP contribution is 2.71. The molecule has 4 aromatic carbocycles. The van der Waals surface area contributed by atoms with Crippen molar-refractivity contribution in [2.24, 2.45) is 69.0 Å². The molecule has 4 amide bonds. The van der Waals surface area contributed by atoms with E-state index in [-0.39, 0.29) is 120 Å². The van der Waals surface area contributed by atoms with Crippen LogP contribution in [0.1, 0.15) is 249 Å². The molecule has 12 atom stereocenters. The van der Waals surface area contributed by atoms with Crippen molar-refractivity contribution in [3.05, 3.63) is 115 Å². The minimum absolute atomic E-state index is 0.0103. The third-order valence-corrected chi connectivity index (χ3v) is 30.1. The number of carbonyl (C=O) groups excluding carboxylic acids is 4. The first-order valence-corrected chi connectivity index (χ1v) is 38.8. The summed E-state index contributed by atoms with van der Waals surface area (Å²) < 4.78 is 0. The maximum absolute atomic E-state index is 14.8. The molecule has 0 saturated heterocycles. The summed E-state index contributed by atoms with van der Waals surface area (Å²) in [5.74, 6) is -4.48. The molecule has 0 radical (unpaired) electrons. The second kappa shape index (κ2) is 23.7. The van der Waals surface area contributed by atoms with Gasteiger partial charge in [0.25, 0.3) is 0 Å². The van der Waals surface area contributed by atoms with E-state index in [9.17, 15) is 79.2 Å². The average Bonchev–Trinajstić information content (AvgIpc) is 0.722. The highest BCUT2D eigenvalue weighted by molar-refractivity contribution is 5.91. The zero-order valence-electron chi connectivity index (χ0n) is 60.2. The zero-order valence-corrected chi connectivity index (χ0v) is 60.2. The second-order valence-electron chi connectivity index (χ2n) is 37.5. The van der Waals surface area contributed by atoms with Crippen LogP contribution in [0.25, 0.3) is 0 Å². The zero-order chi connectivity index (χ0) is 73.1. The van der Waals surface area contributed by atoms with Crippen molar-refractivity contribution >= 4 is 47.5 Å². The van der Waals surface area contributed by atoms with Crippen LogP contribution in [0.5, 0.6) is 23.0 Å². The van der Waals surface area contributed by atoms with Crippen molar-refractivity contribution in [3.63, 3.8) is 0 Å². The smallest absolute Gasteiger partial charge is 0.325 e. The summed E-state index contributed by atoms with van der Waals surface area (Å²) in [5.41, 5.74) is 1.89. The van der Waals surface area contributed by atoms with Crippen LogP contribution in [0.15, 0.2) is 48.5 Å². The maximum Gasteiger partial charge on any atom is 0.325 e. The molecule has 4 aromatic rings. The molecule has 16 fully saturated rings. The molecule has 17 aliphatic rings. The van der Waals surface area contributed by atoms with Crippen molar-refractivity contribution in [2.75, 3.05) is 0 Å². The highest BCUT2D eigenvalue weighted by atomic mass is 16.4. The number of benzene rings is 4. The van der Waals surface area contributed by atoms with Gasteiger partial charge >= 0.3 is 23.9 Å². The number of aromatic hydroxyl groups is 4. The minimum atomic E-state index is -1.13. The highest BCUT2D eigenvalue weighted by Gasteiger charge is 2.66. The Morgan fingerprint density at radius 2 is 0.442 bits per heavy atom. The number of hydrogen-bond acceptors (Lipinski definition) is 12. The Labute approximate surface area is 605 Å². The number of carboxylic acids is 4. The van der Waals surface area contributed by atoms with Crippen LogP contribution in [0, 0.1) is 69.0 Å². The number of aliphatic carboxylic acids is 4. The van der Waals surface area contributed by atoms with Gasteiger partial charge in [0.05, 0.1) is 21.7 Å². The summed E-state index contributed by atoms with van der Waals surface area (Å²) in [4.78, 5) is 108. The van der Waals surface area contributed by atoms with E-state index in [1.807, 2.05) is 0 Å². The Balaban J connectivity index is 0.864. The van der Waals surface area contributed by atoms with Gasteiger partial charge in [-0.25, -0.2) is 0 Å². The van der Waals surface area contributed by atoms with Gasteiger partial charge in [0.15, 0.2) is 0 Å². The first kappa shape index (κ1) is 68.9. The van der Waals surface area contributed by atoms with E-state index in [2.05, 4.69) is 69.8 Å². The van der Waals surface area contributed by atoms with E-state index in [0.717, 1.165) is 99.3 Å². The van der Waals surface area contributed by atoms with Gasteiger partial charge in [0, 0.05) is 25.7 Å². The van der Waals surface area contributed by atoms with Crippen LogP contribution in [0.2, 0.25) is 0 Å². The molecule has 20 nitrogen and oxygen atoms in total. The van der Waals surface area contributed by atoms with Crippen molar-refractivity contribution in [3.8, 4) is 23.0 Å². The summed E-state index contributed by atoms with van der Waals surface area (Å²) >= 11 is 0. The van der Waals surface area contributed by atoms with E-state index in [4.69, 9.17) is 0 Å². The van der Waals surface area contributed by atoms with Gasteiger partial charge in [0.1, 0.15) is 47.2 Å². The molecule has 20 heteroatoms. The third-order valence-electron chi connectivity index (χ3n) is 30.1. The first-order valence-electron chi connectivity index (χ1n) is 38.8. The molecular weight excluding hydrogens is 1320 g/mol. The number of hydrogen-bond donors (Lipinski definition) is 12. The van der Waals surface area contributed by atoms with Crippen LogP contribution in [0.4, 0.5) is 0 Å². The predicted octanol–water partition coefficient (Wildman–Crippen LogP) is 10.9. The number of phenols is 4. The van der Waals surface area contributed by atoms with Gasteiger partial charge in [-0.3, -0.25) is 38.4 Å². The number of phenolic OH excluding ortho intramolecular Hbond substituents is 4. The van der Waals surface area contributed by atoms with Gasteiger partial charge < -0.3 is 62.1 Å². The number of rotatable bonds is 16. The maximum atomic E-state index is 14.8. The largest absolute Gasteiger partial charge is 0.507 e. The Morgan fingerprint density at radius 3 is 0.587 bits per heavy atom. The lowest BCUT2D eigenvalue weighted by Gasteiger charge is -2.61. The van der Waals surface area contributed by atoms with Gasteiger partial charge in [-0.1, -0.05) is 48.5 Å². The number of carbonyl (C=O) groups is 8. The molecule has 24 bridgehead atoms. The molecule has 104 heavy (non-hydrogen) atoms. The van der Waals surface area contributed by atoms with Crippen molar-refractivity contribution < 1.29 is 79.2 Å². The molecule has 0 heterocycles. The van der Waals surface area contributed by atoms with E-state index < -0.39 is 91.4 Å². The Hall–Kier alpha value is -8.16. The van der Waals surface area contributed by atoms with Gasteiger partial charge in [-0.05, 0) is 318 Å². The molecule has 17 aliphatic carbocycles. The SMILES string of the molecule is CC(NC(=O)C12CC3CC(C1)CC(c1cc4c(O)c(c1)Cc1cc(C56CC7CC(CC(C(=O)NC(C)C(=O)O)(C7)C5)C6)cc(c1O)Cc1cc(C56CC7CC(CC(C(=O)NC(C)C(=O)O)(C7)C5)C6)cc(c1O)Cc1cc(C56CC7CC(CC(C(=O)NC(C)C(=O)O)(C7)C5)C6)cc(c1O)C4)(C3)C2)C(=O)O. The average molecular weight is 1420 g/mol. The molecule has 16 saturated carbocycles. The number of nitrogens with one attached hydrogen (secondary N) is 4. The van der Waals surface area contributed by atoms with Crippen molar-refractivity contribution in [1.82, 2.24) is 21.3 Å². The normalized spacial score (nSPS) is 37.1. The van der Waals surface area contributed by atoms with Crippen LogP contribution >= 0.6 is 0 Å². The van der Waals surface area contributed by atoms with E-state index >= 15 is 0 Å². The predicted molar refractivity (Wildman–Crippen MR) is 380 cm³/mol. The molecule has 12 N–H and O–H groups in total. The quantitative estimate of drug-likeness (QED) is 0.0437. The molecule has 552 valence electrons. The van der Waals surface area contributed by atoms with E-state index in [1.54, 1.807) is 0 Å². The van der Waals surface area contributed by atoms with Gasteiger partial charge in [-0.15, -0.1) is 0 Å². The molecule has 12 unspecified atom stereocenters. The lowest BCUT2D eigenvalue weighted by Crippen LogP contribution is -2.60. The number of amides is 4. The van der Waals surface area contributed by atoms with Crippen molar-refractivity contribution in [2.45, 2.75) is 253 Å². The topological polar surface area (TPSA) is 347 Å². The van der Waals surface area contributed by atoms with E-state index in [0.29, 0.717) is 122 Å². The van der Waals surface area contributed by atoms with Crippen LogP contribution in [-0.4, -0.2) is 113 Å². The molecular formula is C84H100N4O16. The van der Waals surface area contributed by atoms with Gasteiger partial charge in [-0.2, -0.15) is 0 Å². The van der Waals surface area contributed by atoms with Crippen LogP contribution < -0.4 is 21.3 Å². The summed E-state index contributed by atoms with van der Waals surface area (Å²) in [6.45, 7) is 5.94. The van der Waals surface area contributed by atoms with Gasteiger partial charge in [0.2, 0.25) is 23.6 Å². The third kappa shape index (κ3) is 10.9. The molecule has 0 aromatic heterocycles. The first-order chi connectivity index (χ1) is 49.2. The Kier molecular flexibility index (Phi) is 15.7. The lowest BCUT2D eigenvalue weighted by molar-refractivity contribution is -0.153. The second-order valence-corrected chi connectivity index (χ2v) is 37.5. The fourth-order valence-electron chi connectivity index (χ4n) is 27.3. The summed E-state index contributed by atoms with van der Waals surface area (Å²) in [5, 5.41) is 106. The summed E-state index contributed by atoms with van der Waals surface area (Å²) in [6.07, 6.45) is 16.6. The standard InChI is InChI=1S/C84H100N4O16/c1-41(69(93)94)85-73(101)81-29-45-5-46(30-81)22-77(21-45,37-81)61-13-53-9-55-15-62(78-23-47-6-48(24-78)32-82(31-47,38-78)74(102)86-42(2)70(95)96)17-57(66(55)90)11-59-19-64(80-27-51-8-52(28-80)36-84(35-51,40-80)76(104)88-44(4)72(99)100)20-60(68(59)92)12-58-18-63(16-56(67(58)91)10-54(14-61)65(53)89)79-25-49-7-50(26-79)34-83(33-49,39-79)75(103)87-43(3)71(97)98/h13-20,41-52,89-92H,5-12,21-40H2,1-4H3,(H,85,101)(H,86,102)(H,87,103)(H,88,104)(H,93,94)(H,95,96)(H,97,98)(H,99,100).